The molecule has 2 aromatic carbocycles. The SMILES string of the molecule is CN(c1ccc(CN)cc1)S(=O)(=O)c1ccc(F)c(F)c1. The van der Waals surface area contributed by atoms with Crippen LogP contribution in [0.1, 0.15) is 5.56 Å². The number of halogens is 2. The van der Waals surface area contributed by atoms with E-state index in [1.165, 1.54) is 7.05 Å². The topological polar surface area (TPSA) is 63.4 Å². The summed E-state index contributed by atoms with van der Waals surface area (Å²) >= 11 is 0. The molecule has 2 N–H and O–H groups in total. The molecule has 2 rings (SSSR count). The minimum atomic E-state index is -3.96. The predicted molar refractivity (Wildman–Crippen MR) is 76.3 cm³/mol. The van der Waals surface area contributed by atoms with Crippen LogP contribution in [0.5, 0.6) is 0 Å². The molecule has 0 aromatic heterocycles. The molecule has 7 heteroatoms. The highest BCUT2D eigenvalue weighted by atomic mass is 32.2. The van der Waals surface area contributed by atoms with Crippen LogP contribution in [0.3, 0.4) is 0 Å². The highest BCUT2D eigenvalue weighted by Gasteiger charge is 2.22. The highest BCUT2D eigenvalue weighted by molar-refractivity contribution is 7.92. The molecular weight excluding hydrogens is 298 g/mol. The van der Waals surface area contributed by atoms with E-state index in [0.717, 1.165) is 22.0 Å². The second kappa shape index (κ2) is 5.79. The van der Waals surface area contributed by atoms with Crippen molar-refractivity contribution in [2.75, 3.05) is 11.4 Å². The third kappa shape index (κ3) is 3.03. The zero-order valence-electron chi connectivity index (χ0n) is 11.3. The van der Waals surface area contributed by atoms with Crippen LogP contribution in [-0.4, -0.2) is 15.5 Å². The molecule has 0 amide bonds. The van der Waals surface area contributed by atoms with Crippen molar-refractivity contribution in [3.8, 4) is 0 Å². The Balaban J connectivity index is 2.39. The fraction of sp³-hybridized carbons (Fsp3) is 0.143. The van der Waals surface area contributed by atoms with Crippen LogP contribution < -0.4 is 10.0 Å². The lowest BCUT2D eigenvalue weighted by Gasteiger charge is -2.19. The van der Waals surface area contributed by atoms with Gasteiger partial charge in [-0.25, -0.2) is 17.2 Å². The molecule has 0 aliphatic carbocycles. The van der Waals surface area contributed by atoms with Crippen LogP contribution in [0.15, 0.2) is 47.4 Å². The zero-order chi connectivity index (χ0) is 15.6. The van der Waals surface area contributed by atoms with Gasteiger partial charge in [-0.2, -0.15) is 0 Å². The van der Waals surface area contributed by atoms with E-state index >= 15 is 0 Å². The summed E-state index contributed by atoms with van der Waals surface area (Å²) in [5, 5.41) is 0. The molecule has 0 saturated carbocycles. The fourth-order valence-corrected chi connectivity index (χ4v) is 2.98. The Bertz CT molecular complexity index is 746. The number of nitrogens with zero attached hydrogens (tertiary/aromatic N) is 1. The Morgan fingerprint density at radius 2 is 1.67 bits per heavy atom. The van der Waals surface area contributed by atoms with Gasteiger partial charge in [-0.05, 0) is 35.9 Å². The van der Waals surface area contributed by atoms with Crippen molar-refractivity contribution in [3.63, 3.8) is 0 Å². The molecule has 0 aliphatic heterocycles. The van der Waals surface area contributed by atoms with Crippen molar-refractivity contribution < 1.29 is 17.2 Å². The minimum Gasteiger partial charge on any atom is -0.326 e. The van der Waals surface area contributed by atoms with Gasteiger partial charge in [0.15, 0.2) is 11.6 Å². The van der Waals surface area contributed by atoms with Crippen molar-refractivity contribution in [2.45, 2.75) is 11.4 Å². The molecule has 0 saturated heterocycles. The maximum absolute atomic E-state index is 13.2. The van der Waals surface area contributed by atoms with Gasteiger partial charge >= 0.3 is 0 Å². The molecule has 21 heavy (non-hydrogen) atoms. The first-order chi connectivity index (χ1) is 9.86. The fourth-order valence-electron chi connectivity index (χ4n) is 1.78. The lowest BCUT2D eigenvalue weighted by Crippen LogP contribution is -2.26. The van der Waals surface area contributed by atoms with E-state index in [2.05, 4.69) is 0 Å². The summed E-state index contributed by atoms with van der Waals surface area (Å²) in [4.78, 5) is -0.313. The van der Waals surface area contributed by atoms with Crippen LogP contribution in [0, 0.1) is 11.6 Å². The number of nitrogens with two attached hydrogens (primary N) is 1. The molecule has 0 unspecified atom stereocenters. The molecule has 0 radical (unpaired) electrons. The Morgan fingerprint density at radius 1 is 1.05 bits per heavy atom. The summed E-state index contributed by atoms with van der Waals surface area (Å²) in [7, 11) is -2.61. The van der Waals surface area contributed by atoms with Crippen molar-refractivity contribution in [1.82, 2.24) is 0 Å². The van der Waals surface area contributed by atoms with E-state index in [-0.39, 0.29) is 4.90 Å². The zero-order valence-corrected chi connectivity index (χ0v) is 12.1. The van der Waals surface area contributed by atoms with Crippen LogP contribution in [0.25, 0.3) is 0 Å². The lowest BCUT2D eigenvalue weighted by atomic mass is 10.2. The molecule has 0 atom stereocenters. The molecule has 4 nitrogen and oxygen atoms in total. The van der Waals surface area contributed by atoms with Gasteiger partial charge in [0.2, 0.25) is 0 Å². The summed E-state index contributed by atoms with van der Waals surface area (Å²) in [6, 6.07) is 9.07. The van der Waals surface area contributed by atoms with Crippen molar-refractivity contribution in [2.24, 2.45) is 5.73 Å². The van der Waals surface area contributed by atoms with Crippen molar-refractivity contribution in [1.29, 1.82) is 0 Å². The average molecular weight is 312 g/mol. The number of hydrogen-bond acceptors (Lipinski definition) is 3. The largest absolute Gasteiger partial charge is 0.326 e. The Morgan fingerprint density at radius 3 is 2.19 bits per heavy atom. The third-order valence-corrected chi connectivity index (χ3v) is 4.87. The third-order valence-electron chi connectivity index (χ3n) is 3.09. The summed E-state index contributed by atoms with van der Waals surface area (Å²) in [5.41, 5.74) is 6.73. The molecular formula is C14H14F2N2O2S. The first-order valence-corrected chi connectivity index (χ1v) is 7.53. The number of hydrogen-bond donors (Lipinski definition) is 1. The Labute approximate surface area is 121 Å². The van der Waals surface area contributed by atoms with Crippen molar-refractivity contribution >= 4 is 15.7 Å². The van der Waals surface area contributed by atoms with Crippen molar-refractivity contribution in [3.05, 3.63) is 59.7 Å². The van der Waals surface area contributed by atoms with E-state index in [1.807, 2.05) is 0 Å². The smallest absolute Gasteiger partial charge is 0.264 e. The average Bonchev–Trinajstić information content (AvgIpc) is 2.49. The van der Waals surface area contributed by atoms with Gasteiger partial charge in [0.25, 0.3) is 10.0 Å². The summed E-state index contributed by atoms with van der Waals surface area (Å²) in [6.45, 7) is 0.347. The van der Waals surface area contributed by atoms with Gasteiger partial charge in [0.05, 0.1) is 10.6 Å². The number of sulfonamides is 1. The first kappa shape index (κ1) is 15.4. The Hall–Kier alpha value is -1.99. The quantitative estimate of drug-likeness (QED) is 0.942. The van der Waals surface area contributed by atoms with Gasteiger partial charge in [-0.1, -0.05) is 12.1 Å². The molecule has 0 aliphatic rings. The van der Waals surface area contributed by atoms with E-state index < -0.39 is 21.7 Å². The number of rotatable bonds is 4. The molecule has 0 bridgehead atoms. The van der Waals surface area contributed by atoms with E-state index in [4.69, 9.17) is 5.73 Å². The molecule has 0 heterocycles. The van der Waals surface area contributed by atoms with Crippen LogP contribution in [-0.2, 0) is 16.6 Å². The van der Waals surface area contributed by atoms with Gasteiger partial charge in [0.1, 0.15) is 0 Å². The van der Waals surface area contributed by atoms with Crippen LogP contribution in [0.2, 0.25) is 0 Å². The predicted octanol–water partition coefficient (Wildman–Crippen LogP) is 2.25. The Kier molecular flexibility index (Phi) is 4.24. The summed E-state index contributed by atoms with van der Waals surface area (Å²) in [6.07, 6.45) is 0. The molecule has 0 fully saturated rings. The van der Waals surface area contributed by atoms with E-state index in [1.54, 1.807) is 24.3 Å². The summed E-state index contributed by atoms with van der Waals surface area (Å²) in [5.74, 6) is -2.30. The number of anilines is 1. The van der Waals surface area contributed by atoms with Gasteiger partial charge < -0.3 is 5.73 Å². The first-order valence-electron chi connectivity index (χ1n) is 6.09. The lowest BCUT2D eigenvalue weighted by molar-refractivity contribution is 0.504. The second-order valence-corrected chi connectivity index (χ2v) is 6.39. The van der Waals surface area contributed by atoms with Gasteiger partial charge in [-0.3, -0.25) is 4.31 Å². The maximum Gasteiger partial charge on any atom is 0.264 e. The highest BCUT2D eigenvalue weighted by Crippen LogP contribution is 2.23. The summed E-state index contributed by atoms with van der Waals surface area (Å²) < 4.78 is 51.8. The molecule has 2 aromatic rings. The van der Waals surface area contributed by atoms with E-state index in [9.17, 15) is 17.2 Å². The monoisotopic (exact) mass is 312 g/mol. The second-order valence-electron chi connectivity index (χ2n) is 4.42. The standard InChI is InChI=1S/C14H14F2N2O2S/c1-18(11-4-2-10(9-17)3-5-11)21(19,20)12-6-7-13(15)14(16)8-12/h2-8H,9,17H2,1H3. The van der Waals surface area contributed by atoms with E-state index in [0.29, 0.717) is 18.3 Å². The van der Waals surface area contributed by atoms with Gasteiger partial charge in [-0.15, -0.1) is 0 Å². The normalized spacial score (nSPS) is 11.4. The maximum atomic E-state index is 13.2. The van der Waals surface area contributed by atoms with Crippen LogP contribution in [0.4, 0.5) is 14.5 Å². The van der Waals surface area contributed by atoms with Crippen LogP contribution >= 0.6 is 0 Å². The number of benzene rings is 2. The van der Waals surface area contributed by atoms with Gasteiger partial charge in [0, 0.05) is 13.6 Å². The molecule has 112 valence electrons. The minimum absolute atomic E-state index is 0.313. The molecule has 0 spiro atoms.